The summed E-state index contributed by atoms with van der Waals surface area (Å²) in [5, 5.41) is 0. The summed E-state index contributed by atoms with van der Waals surface area (Å²) in [5.74, 6) is -0.210. The van der Waals surface area contributed by atoms with Gasteiger partial charge in [-0.1, -0.05) is 30.3 Å². The van der Waals surface area contributed by atoms with Gasteiger partial charge in [-0.15, -0.1) is 0 Å². The highest BCUT2D eigenvalue weighted by Crippen LogP contribution is 2.15. The van der Waals surface area contributed by atoms with Gasteiger partial charge in [-0.3, -0.25) is 9.69 Å². The Morgan fingerprint density at radius 3 is 2.47 bits per heavy atom. The molecule has 0 saturated carbocycles. The summed E-state index contributed by atoms with van der Waals surface area (Å²) in [6, 6.07) is 9.91. The summed E-state index contributed by atoms with van der Waals surface area (Å²) in [6.45, 7) is 2.00. The molecule has 1 aromatic carbocycles. The number of hydrogen-bond acceptors (Lipinski definition) is 2. The first-order chi connectivity index (χ1) is 7.27. The van der Waals surface area contributed by atoms with E-state index in [9.17, 15) is 4.79 Å². The number of nitrogens with two attached hydrogens (primary N) is 1. The largest absolute Gasteiger partial charge is 0.368 e. The summed E-state index contributed by atoms with van der Waals surface area (Å²) in [6.07, 6.45) is 1.91. The van der Waals surface area contributed by atoms with Crippen LogP contribution in [0.4, 0.5) is 0 Å². The van der Waals surface area contributed by atoms with Crippen LogP contribution in [0.3, 0.4) is 0 Å². The molecule has 1 unspecified atom stereocenters. The molecule has 2 rings (SSSR count). The molecular weight excluding hydrogens is 188 g/mol. The topological polar surface area (TPSA) is 46.3 Å². The van der Waals surface area contributed by atoms with Crippen molar-refractivity contribution in [2.75, 3.05) is 13.1 Å². The van der Waals surface area contributed by atoms with Crippen LogP contribution in [0.5, 0.6) is 0 Å². The lowest BCUT2D eigenvalue weighted by Gasteiger charge is -2.36. The molecule has 0 spiro atoms. The number of primary amides is 1. The molecule has 3 nitrogen and oxygen atoms in total. The fraction of sp³-hybridized carbons (Fsp3) is 0.417. The molecule has 1 aliphatic heterocycles. The van der Waals surface area contributed by atoms with E-state index in [0.717, 1.165) is 19.5 Å². The lowest BCUT2D eigenvalue weighted by Crippen LogP contribution is -2.52. The average molecular weight is 204 g/mol. The van der Waals surface area contributed by atoms with Gasteiger partial charge in [-0.05, 0) is 18.4 Å². The maximum Gasteiger partial charge on any atom is 0.235 e. The van der Waals surface area contributed by atoms with Gasteiger partial charge in [0.25, 0.3) is 0 Å². The quantitative estimate of drug-likeness (QED) is 0.788. The van der Waals surface area contributed by atoms with E-state index in [1.807, 2.05) is 30.3 Å². The molecule has 1 aliphatic rings. The molecular formula is C12H16N2O. The van der Waals surface area contributed by atoms with Crippen LogP contribution in [0.25, 0.3) is 0 Å². The van der Waals surface area contributed by atoms with Crippen molar-refractivity contribution in [3.8, 4) is 0 Å². The van der Waals surface area contributed by atoms with Gasteiger partial charge in [0.1, 0.15) is 0 Å². The molecule has 1 heterocycles. The van der Waals surface area contributed by atoms with E-state index in [1.54, 1.807) is 0 Å². The Labute approximate surface area is 89.9 Å². The molecule has 1 fully saturated rings. The zero-order chi connectivity index (χ0) is 10.7. The summed E-state index contributed by atoms with van der Waals surface area (Å²) in [7, 11) is 0. The third-order valence-electron chi connectivity index (χ3n) is 2.93. The molecule has 3 heteroatoms. The van der Waals surface area contributed by atoms with Gasteiger partial charge in [0.15, 0.2) is 0 Å². The van der Waals surface area contributed by atoms with E-state index < -0.39 is 0 Å². The van der Waals surface area contributed by atoms with E-state index in [2.05, 4.69) is 4.90 Å². The number of hydrogen-bond donors (Lipinski definition) is 1. The smallest absolute Gasteiger partial charge is 0.235 e. The maximum atomic E-state index is 11.3. The number of amides is 1. The monoisotopic (exact) mass is 204 g/mol. The number of rotatable bonds is 4. The van der Waals surface area contributed by atoms with E-state index in [0.29, 0.717) is 0 Å². The number of likely N-dealkylation sites (tertiary alicyclic amines) is 1. The highest BCUT2D eigenvalue weighted by Gasteiger charge is 2.28. The Hall–Kier alpha value is -1.35. The Kier molecular flexibility index (Phi) is 3.02. The minimum atomic E-state index is -0.210. The van der Waals surface area contributed by atoms with Crippen LogP contribution in [-0.2, 0) is 11.2 Å². The van der Waals surface area contributed by atoms with Crippen molar-refractivity contribution in [1.82, 2.24) is 4.90 Å². The van der Waals surface area contributed by atoms with Crippen LogP contribution in [0.1, 0.15) is 12.0 Å². The van der Waals surface area contributed by atoms with Crippen molar-refractivity contribution >= 4 is 5.91 Å². The maximum absolute atomic E-state index is 11.3. The SMILES string of the molecule is NC(=O)C(Cc1ccccc1)N1CCC1. The van der Waals surface area contributed by atoms with Crippen LogP contribution in [-0.4, -0.2) is 29.9 Å². The normalized spacial score (nSPS) is 18.1. The number of carbonyl (C=O) groups is 1. The molecule has 1 atom stereocenters. The molecule has 1 amide bonds. The zero-order valence-corrected chi connectivity index (χ0v) is 8.73. The van der Waals surface area contributed by atoms with Gasteiger partial charge in [0.05, 0.1) is 6.04 Å². The molecule has 1 aromatic rings. The van der Waals surface area contributed by atoms with Gasteiger partial charge in [0.2, 0.25) is 5.91 Å². The molecule has 2 N–H and O–H groups in total. The predicted molar refractivity (Wildman–Crippen MR) is 59.3 cm³/mol. The van der Waals surface area contributed by atoms with Gasteiger partial charge >= 0.3 is 0 Å². The molecule has 0 aliphatic carbocycles. The number of nitrogens with zero attached hydrogens (tertiary/aromatic N) is 1. The molecule has 80 valence electrons. The first kappa shape index (κ1) is 10.2. The highest BCUT2D eigenvalue weighted by atomic mass is 16.1. The average Bonchev–Trinajstić information content (AvgIpc) is 2.15. The second-order valence-corrected chi connectivity index (χ2v) is 4.00. The van der Waals surface area contributed by atoms with Gasteiger partial charge in [-0.25, -0.2) is 0 Å². The minimum Gasteiger partial charge on any atom is -0.368 e. The highest BCUT2D eigenvalue weighted by molar-refractivity contribution is 5.80. The fourth-order valence-corrected chi connectivity index (χ4v) is 1.90. The molecule has 0 aromatic heterocycles. The van der Waals surface area contributed by atoms with E-state index >= 15 is 0 Å². The molecule has 1 saturated heterocycles. The number of carbonyl (C=O) groups excluding carboxylic acids is 1. The molecule has 0 radical (unpaired) electrons. The van der Waals surface area contributed by atoms with Crippen molar-refractivity contribution in [1.29, 1.82) is 0 Å². The lowest BCUT2D eigenvalue weighted by molar-refractivity contribution is -0.124. The van der Waals surface area contributed by atoms with E-state index in [1.165, 1.54) is 12.0 Å². The standard InChI is InChI=1S/C12H16N2O/c13-12(15)11(14-7-4-8-14)9-10-5-2-1-3-6-10/h1-3,5-6,11H,4,7-9H2,(H2,13,15). The third kappa shape index (κ3) is 2.36. The molecule has 0 bridgehead atoms. The van der Waals surface area contributed by atoms with Gasteiger partial charge in [-0.2, -0.15) is 0 Å². The minimum absolute atomic E-state index is 0.124. The van der Waals surface area contributed by atoms with Crippen LogP contribution in [0.15, 0.2) is 30.3 Å². The van der Waals surface area contributed by atoms with Crippen LogP contribution < -0.4 is 5.73 Å². The fourth-order valence-electron chi connectivity index (χ4n) is 1.90. The Bertz CT molecular complexity index is 333. The van der Waals surface area contributed by atoms with Crippen molar-refractivity contribution in [3.05, 3.63) is 35.9 Å². The van der Waals surface area contributed by atoms with Crippen molar-refractivity contribution in [3.63, 3.8) is 0 Å². The van der Waals surface area contributed by atoms with Crippen LogP contribution in [0.2, 0.25) is 0 Å². The van der Waals surface area contributed by atoms with Gasteiger partial charge in [0, 0.05) is 13.1 Å². The zero-order valence-electron chi connectivity index (χ0n) is 8.73. The van der Waals surface area contributed by atoms with Crippen molar-refractivity contribution in [2.24, 2.45) is 5.73 Å². The predicted octanol–water partition coefficient (Wildman–Crippen LogP) is 0.789. The first-order valence-corrected chi connectivity index (χ1v) is 5.34. The summed E-state index contributed by atoms with van der Waals surface area (Å²) in [4.78, 5) is 13.5. The number of benzene rings is 1. The Morgan fingerprint density at radius 2 is 2.00 bits per heavy atom. The third-order valence-corrected chi connectivity index (χ3v) is 2.93. The first-order valence-electron chi connectivity index (χ1n) is 5.34. The van der Waals surface area contributed by atoms with E-state index in [4.69, 9.17) is 5.73 Å². The second kappa shape index (κ2) is 4.45. The molecule has 15 heavy (non-hydrogen) atoms. The Balaban J connectivity index is 2.03. The van der Waals surface area contributed by atoms with Crippen molar-refractivity contribution in [2.45, 2.75) is 18.9 Å². The Morgan fingerprint density at radius 1 is 1.33 bits per heavy atom. The van der Waals surface area contributed by atoms with Crippen molar-refractivity contribution < 1.29 is 4.79 Å². The van der Waals surface area contributed by atoms with Gasteiger partial charge < -0.3 is 5.73 Å². The van der Waals surface area contributed by atoms with Crippen LogP contribution >= 0.6 is 0 Å². The summed E-state index contributed by atoms with van der Waals surface area (Å²) < 4.78 is 0. The second-order valence-electron chi connectivity index (χ2n) is 4.00. The van der Waals surface area contributed by atoms with Crippen LogP contribution in [0, 0.1) is 0 Å². The van der Waals surface area contributed by atoms with E-state index in [-0.39, 0.29) is 11.9 Å². The lowest BCUT2D eigenvalue weighted by atomic mass is 10.0. The summed E-state index contributed by atoms with van der Waals surface area (Å²) >= 11 is 0. The summed E-state index contributed by atoms with van der Waals surface area (Å²) in [5.41, 5.74) is 6.59.